The molecule has 0 aliphatic carbocycles. The van der Waals surface area contributed by atoms with Gasteiger partial charge in [0.1, 0.15) is 5.69 Å². The van der Waals surface area contributed by atoms with E-state index in [0.717, 1.165) is 30.3 Å². The van der Waals surface area contributed by atoms with Crippen molar-refractivity contribution in [1.29, 1.82) is 0 Å². The van der Waals surface area contributed by atoms with Crippen LogP contribution in [0.4, 0.5) is 0 Å². The number of carbonyl (C=O) groups is 1. The van der Waals surface area contributed by atoms with Crippen molar-refractivity contribution in [1.82, 2.24) is 9.88 Å². The average molecular weight is 302 g/mol. The normalized spacial score (nSPS) is 10.5. The molecule has 1 rings (SSSR count). The van der Waals surface area contributed by atoms with Crippen LogP contribution in [0.3, 0.4) is 0 Å². The number of hydrogen-bond acceptors (Lipinski definition) is 2. The fraction of sp³-hybridized carbons (Fsp3) is 0.583. The molecular weight excluding hydrogens is 282 g/mol. The molecule has 3 N–H and O–H groups in total. The molecule has 1 aromatic heterocycles. The Bertz CT molecular complexity index is 363. The van der Waals surface area contributed by atoms with E-state index in [2.05, 4.69) is 28.2 Å². The van der Waals surface area contributed by atoms with Crippen LogP contribution < -0.4 is 11.1 Å². The molecule has 96 valence electrons. The molecule has 1 amide bonds. The third-order valence-electron chi connectivity index (χ3n) is 2.48. The number of aromatic nitrogens is 1. The third kappa shape index (κ3) is 4.52. The van der Waals surface area contributed by atoms with Gasteiger partial charge in [-0.15, -0.1) is 0 Å². The Morgan fingerprint density at radius 3 is 2.94 bits per heavy atom. The van der Waals surface area contributed by atoms with Crippen molar-refractivity contribution in [3.05, 3.63) is 22.4 Å². The molecule has 0 saturated heterocycles. The molecular formula is C12H20BrN3O. The van der Waals surface area contributed by atoms with Gasteiger partial charge in [-0.1, -0.05) is 6.92 Å². The van der Waals surface area contributed by atoms with Crippen molar-refractivity contribution in [3.63, 3.8) is 0 Å². The summed E-state index contributed by atoms with van der Waals surface area (Å²) in [7, 11) is 0. The van der Waals surface area contributed by atoms with E-state index in [1.165, 1.54) is 0 Å². The predicted molar refractivity (Wildman–Crippen MR) is 73.0 cm³/mol. The molecule has 5 heteroatoms. The summed E-state index contributed by atoms with van der Waals surface area (Å²) in [5.74, 6) is -0.0128. The highest BCUT2D eigenvalue weighted by molar-refractivity contribution is 9.10. The molecule has 4 nitrogen and oxygen atoms in total. The Morgan fingerprint density at radius 1 is 1.53 bits per heavy atom. The summed E-state index contributed by atoms with van der Waals surface area (Å²) in [4.78, 5) is 11.9. The second-order valence-corrected chi connectivity index (χ2v) is 4.90. The number of unbranched alkanes of at least 4 members (excludes halogenated alkanes) is 1. The van der Waals surface area contributed by atoms with Crippen LogP contribution in [0.15, 0.2) is 16.7 Å². The molecule has 0 unspecified atom stereocenters. The molecule has 0 atom stereocenters. The summed E-state index contributed by atoms with van der Waals surface area (Å²) in [5, 5.41) is 2.91. The molecule has 0 aliphatic rings. The van der Waals surface area contributed by atoms with Crippen molar-refractivity contribution < 1.29 is 4.79 Å². The van der Waals surface area contributed by atoms with Crippen molar-refractivity contribution in [3.8, 4) is 0 Å². The molecule has 0 aliphatic heterocycles. The van der Waals surface area contributed by atoms with Gasteiger partial charge >= 0.3 is 0 Å². The van der Waals surface area contributed by atoms with Crippen molar-refractivity contribution in [2.75, 3.05) is 13.1 Å². The summed E-state index contributed by atoms with van der Waals surface area (Å²) in [6.45, 7) is 4.31. The number of hydrogen-bond donors (Lipinski definition) is 2. The molecule has 0 aromatic carbocycles. The van der Waals surface area contributed by atoms with Crippen molar-refractivity contribution >= 4 is 21.8 Å². The minimum atomic E-state index is -0.0128. The van der Waals surface area contributed by atoms with Gasteiger partial charge in [-0.25, -0.2) is 0 Å². The number of nitrogens with zero attached hydrogens (tertiary/aromatic N) is 1. The first kappa shape index (κ1) is 14.3. The van der Waals surface area contributed by atoms with Crippen LogP contribution in [0.25, 0.3) is 0 Å². The van der Waals surface area contributed by atoms with Crippen LogP contribution in [0.1, 0.15) is 36.7 Å². The number of amides is 1. The monoisotopic (exact) mass is 301 g/mol. The Kier molecular flexibility index (Phi) is 6.29. The zero-order chi connectivity index (χ0) is 12.7. The first-order valence-corrected chi connectivity index (χ1v) is 6.82. The summed E-state index contributed by atoms with van der Waals surface area (Å²) < 4.78 is 2.92. The van der Waals surface area contributed by atoms with E-state index in [4.69, 9.17) is 5.73 Å². The zero-order valence-electron chi connectivity index (χ0n) is 10.2. The largest absolute Gasteiger partial charge is 0.351 e. The van der Waals surface area contributed by atoms with Gasteiger partial charge in [0.25, 0.3) is 5.91 Å². The fourth-order valence-corrected chi connectivity index (χ4v) is 2.12. The minimum Gasteiger partial charge on any atom is -0.351 e. The lowest BCUT2D eigenvalue weighted by Crippen LogP contribution is -2.27. The summed E-state index contributed by atoms with van der Waals surface area (Å²) in [6, 6.07) is 1.86. The Balaban J connectivity index is 2.55. The predicted octanol–water partition coefficient (Wildman–Crippen LogP) is 2.13. The lowest BCUT2D eigenvalue weighted by atomic mass is 10.3. The van der Waals surface area contributed by atoms with Gasteiger partial charge in [-0.05, 0) is 47.8 Å². The molecule has 0 radical (unpaired) electrons. The van der Waals surface area contributed by atoms with Gasteiger partial charge in [0.2, 0.25) is 0 Å². The number of halogens is 1. The molecule has 1 heterocycles. The molecule has 0 saturated carbocycles. The van der Waals surface area contributed by atoms with E-state index in [1.54, 1.807) is 0 Å². The smallest absolute Gasteiger partial charge is 0.267 e. The number of aryl methyl sites for hydroxylation is 1. The Morgan fingerprint density at radius 2 is 2.29 bits per heavy atom. The second kappa shape index (κ2) is 7.50. The van der Waals surface area contributed by atoms with E-state index in [1.807, 2.05) is 16.8 Å². The highest BCUT2D eigenvalue weighted by Crippen LogP contribution is 2.15. The van der Waals surface area contributed by atoms with Crippen LogP contribution in [-0.2, 0) is 6.54 Å². The summed E-state index contributed by atoms with van der Waals surface area (Å²) in [5.41, 5.74) is 6.11. The lowest BCUT2D eigenvalue weighted by Gasteiger charge is -2.08. The van der Waals surface area contributed by atoms with Crippen LogP contribution in [-0.4, -0.2) is 23.6 Å². The van der Waals surface area contributed by atoms with Gasteiger partial charge in [0.05, 0.1) is 0 Å². The van der Waals surface area contributed by atoms with E-state index < -0.39 is 0 Å². The Hall–Kier alpha value is -0.810. The maximum Gasteiger partial charge on any atom is 0.267 e. The maximum absolute atomic E-state index is 11.9. The van der Waals surface area contributed by atoms with Gasteiger partial charge in [-0.3, -0.25) is 4.79 Å². The van der Waals surface area contributed by atoms with Gasteiger partial charge < -0.3 is 15.6 Å². The van der Waals surface area contributed by atoms with E-state index in [0.29, 0.717) is 18.8 Å². The number of carbonyl (C=O) groups excluding carboxylic acids is 1. The molecule has 0 spiro atoms. The van der Waals surface area contributed by atoms with Crippen LogP contribution in [0, 0.1) is 0 Å². The number of nitrogens with two attached hydrogens (primary N) is 1. The zero-order valence-corrected chi connectivity index (χ0v) is 11.8. The maximum atomic E-state index is 11.9. The molecule has 1 aromatic rings. The SMILES string of the molecule is CCCn1cc(Br)cc1C(=O)NCCCCN. The fourth-order valence-electron chi connectivity index (χ4n) is 1.65. The number of nitrogens with one attached hydrogen (secondary N) is 1. The number of rotatable bonds is 7. The second-order valence-electron chi connectivity index (χ2n) is 3.99. The first-order valence-electron chi connectivity index (χ1n) is 6.03. The topological polar surface area (TPSA) is 60.0 Å². The van der Waals surface area contributed by atoms with Crippen LogP contribution >= 0.6 is 15.9 Å². The van der Waals surface area contributed by atoms with Crippen LogP contribution in [0.5, 0.6) is 0 Å². The van der Waals surface area contributed by atoms with Crippen molar-refractivity contribution in [2.24, 2.45) is 5.73 Å². The van der Waals surface area contributed by atoms with Crippen LogP contribution in [0.2, 0.25) is 0 Å². The van der Waals surface area contributed by atoms with E-state index >= 15 is 0 Å². The standard InChI is InChI=1S/C12H20BrN3O/c1-2-7-16-9-10(13)8-11(16)12(17)15-6-4-3-5-14/h8-9H,2-7,14H2,1H3,(H,15,17). The first-order chi connectivity index (χ1) is 8.19. The quantitative estimate of drug-likeness (QED) is 0.758. The van der Waals surface area contributed by atoms with E-state index in [-0.39, 0.29) is 5.91 Å². The molecule has 0 fully saturated rings. The van der Waals surface area contributed by atoms with Gasteiger partial charge in [0.15, 0.2) is 0 Å². The summed E-state index contributed by atoms with van der Waals surface area (Å²) in [6.07, 6.45) is 4.82. The lowest BCUT2D eigenvalue weighted by molar-refractivity contribution is 0.0943. The Labute approximate surface area is 111 Å². The highest BCUT2D eigenvalue weighted by Gasteiger charge is 2.11. The summed E-state index contributed by atoms with van der Waals surface area (Å²) >= 11 is 3.40. The van der Waals surface area contributed by atoms with Crippen molar-refractivity contribution in [2.45, 2.75) is 32.7 Å². The molecule has 0 bridgehead atoms. The minimum absolute atomic E-state index is 0.0128. The average Bonchev–Trinajstić information content (AvgIpc) is 2.66. The third-order valence-corrected chi connectivity index (χ3v) is 2.91. The van der Waals surface area contributed by atoms with Gasteiger partial charge in [-0.2, -0.15) is 0 Å². The highest BCUT2D eigenvalue weighted by atomic mass is 79.9. The van der Waals surface area contributed by atoms with Gasteiger partial charge in [0, 0.05) is 23.8 Å². The van der Waals surface area contributed by atoms with E-state index in [9.17, 15) is 4.79 Å². The molecule has 17 heavy (non-hydrogen) atoms.